The lowest BCUT2D eigenvalue weighted by molar-refractivity contribution is 0.532. The van der Waals surface area contributed by atoms with E-state index in [0.717, 1.165) is 5.56 Å². The molecule has 3 rings (SSSR count). The van der Waals surface area contributed by atoms with E-state index in [9.17, 15) is 13.2 Å². The molecule has 0 saturated heterocycles. The average molecular weight is 328 g/mol. The first-order valence-corrected chi connectivity index (χ1v) is 8.76. The smallest absolute Gasteiger partial charge is 0.355 e. The molecule has 0 atom stereocenters. The van der Waals surface area contributed by atoms with Gasteiger partial charge in [-0.25, -0.2) is 13.2 Å². The zero-order valence-electron chi connectivity index (χ0n) is 12.8. The third kappa shape index (κ3) is 2.80. The van der Waals surface area contributed by atoms with Crippen LogP contribution in [0.15, 0.2) is 73.6 Å². The first-order chi connectivity index (χ1) is 10.9. The van der Waals surface area contributed by atoms with Crippen molar-refractivity contribution >= 4 is 20.8 Å². The molecule has 2 aromatic carbocycles. The highest BCUT2D eigenvalue weighted by Gasteiger charge is 2.23. The molecule has 0 N–H and O–H groups in total. The predicted molar refractivity (Wildman–Crippen MR) is 88.5 cm³/mol. The van der Waals surface area contributed by atoms with Gasteiger partial charge >= 0.3 is 5.63 Å². The topological polar surface area (TPSA) is 64.3 Å². The normalized spacial score (nSPS) is 12.0. The van der Waals surface area contributed by atoms with Gasteiger partial charge in [-0.05, 0) is 35.7 Å². The Kier molecular flexibility index (Phi) is 3.82. The second-order valence-electron chi connectivity index (χ2n) is 5.66. The van der Waals surface area contributed by atoms with Crippen LogP contribution in [-0.4, -0.2) is 8.42 Å². The zero-order valence-corrected chi connectivity index (χ0v) is 13.6. The zero-order chi connectivity index (χ0) is 16.6. The minimum Gasteiger partial charge on any atom is -0.422 e. The van der Waals surface area contributed by atoms with Crippen LogP contribution in [0, 0.1) is 0 Å². The monoisotopic (exact) mass is 328 g/mol. The highest BCUT2D eigenvalue weighted by Crippen LogP contribution is 2.23. The van der Waals surface area contributed by atoms with Gasteiger partial charge in [-0.2, -0.15) is 0 Å². The van der Waals surface area contributed by atoms with Gasteiger partial charge in [-0.1, -0.05) is 44.2 Å². The van der Waals surface area contributed by atoms with Gasteiger partial charge in [0.2, 0.25) is 9.84 Å². The minimum absolute atomic E-state index is 0.0875. The highest BCUT2D eigenvalue weighted by molar-refractivity contribution is 7.91. The summed E-state index contributed by atoms with van der Waals surface area (Å²) in [7, 11) is -3.91. The summed E-state index contributed by atoms with van der Waals surface area (Å²) >= 11 is 0. The molecule has 5 heteroatoms. The van der Waals surface area contributed by atoms with E-state index in [1.165, 1.54) is 18.2 Å². The molecule has 0 bridgehead atoms. The molecule has 0 amide bonds. The molecule has 118 valence electrons. The highest BCUT2D eigenvalue weighted by atomic mass is 32.2. The number of hydrogen-bond acceptors (Lipinski definition) is 4. The van der Waals surface area contributed by atoms with Gasteiger partial charge in [0.05, 0.1) is 4.90 Å². The van der Waals surface area contributed by atoms with Crippen LogP contribution in [-0.2, 0) is 9.84 Å². The maximum atomic E-state index is 12.7. The third-order valence-electron chi connectivity index (χ3n) is 3.76. The summed E-state index contributed by atoms with van der Waals surface area (Å²) in [5.41, 5.74) is 0.553. The van der Waals surface area contributed by atoms with Crippen molar-refractivity contribution in [3.63, 3.8) is 0 Å². The number of fused-ring (bicyclic) bond motifs is 1. The Morgan fingerprint density at radius 3 is 2.26 bits per heavy atom. The van der Waals surface area contributed by atoms with E-state index in [-0.39, 0.29) is 9.79 Å². The SMILES string of the molecule is CC(C)c1ccc(S(=O)(=O)c2cc3ccccc3oc2=O)cc1. The van der Waals surface area contributed by atoms with Crippen molar-refractivity contribution in [3.05, 3.63) is 70.6 Å². The number of benzene rings is 2. The summed E-state index contributed by atoms with van der Waals surface area (Å²) in [5.74, 6) is 0.303. The van der Waals surface area contributed by atoms with E-state index in [1.807, 2.05) is 13.8 Å². The van der Waals surface area contributed by atoms with Crippen LogP contribution < -0.4 is 5.63 Å². The molecule has 0 aliphatic rings. The molecule has 0 aliphatic carbocycles. The third-order valence-corrected chi connectivity index (χ3v) is 5.51. The molecule has 4 nitrogen and oxygen atoms in total. The van der Waals surface area contributed by atoms with Crippen LogP contribution in [0.25, 0.3) is 11.0 Å². The van der Waals surface area contributed by atoms with E-state index in [0.29, 0.717) is 16.9 Å². The number of rotatable bonds is 3. The molecular formula is C18H16O4S. The maximum Gasteiger partial charge on any atom is 0.355 e. The Balaban J connectivity index is 2.16. The van der Waals surface area contributed by atoms with Crippen LogP contribution in [0.3, 0.4) is 0 Å². The summed E-state index contributed by atoms with van der Waals surface area (Å²) < 4.78 is 30.6. The van der Waals surface area contributed by atoms with Crippen molar-refractivity contribution in [1.29, 1.82) is 0 Å². The Morgan fingerprint density at radius 2 is 1.61 bits per heavy atom. The van der Waals surface area contributed by atoms with Gasteiger partial charge < -0.3 is 4.42 Å². The second kappa shape index (κ2) is 5.66. The quantitative estimate of drug-likeness (QED) is 0.687. The van der Waals surface area contributed by atoms with Crippen molar-refractivity contribution in [3.8, 4) is 0 Å². The Labute approximate surface area is 134 Å². The fourth-order valence-electron chi connectivity index (χ4n) is 2.39. The average Bonchev–Trinajstić information content (AvgIpc) is 2.54. The summed E-state index contributed by atoms with van der Waals surface area (Å²) in [5, 5.41) is 0.574. The largest absolute Gasteiger partial charge is 0.422 e. The predicted octanol–water partition coefficient (Wildman–Crippen LogP) is 3.75. The Morgan fingerprint density at radius 1 is 0.957 bits per heavy atom. The molecule has 3 aromatic rings. The first-order valence-electron chi connectivity index (χ1n) is 7.27. The minimum atomic E-state index is -3.91. The molecular weight excluding hydrogens is 312 g/mol. The summed E-state index contributed by atoms with van der Waals surface area (Å²) in [6.45, 7) is 4.06. The molecule has 0 aliphatic heterocycles. The maximum absolute atomic E-state index is 12.7. The fraction of sp³-hybridized carbons (Fsp3) is 0.167. The standard InChI is InChI=1S/C18H16O4S/c1-12(2)13-7-9-15(10-8-13)23(20,21)17-11-14-5-3-4-6-16(14)22-18(17)19/h3-12H,1-2H3. The summed E-state index contributed by atoms with van der Waals surface area (Å²) in [4.78, 5) is 11.8. The lowest BCUT2D eigenvalue weighted by Crippen LogP contribution is -2.14. The van der Waals surface area contributed by atoms with Gasteiger partial charge in [0, 0.05) is 5.39 Å². The fourth-order valence-corrected chi connectivity index (χ4v) is 3.68. The molecule has 0 fully saturated rings. The van der Waals surface area contributed by atoms with Crippen LogP contribution in [0.2, 0.25) is 0 Å². The van der Waals surface area contributed by atoms with E-state index in [4.69, 9.17) is 4.42 Å². The second-order valence-corrected chi connectivity index (χ2v) is 7.58. The summed E-state index contributed by atoms with van der Waals surface area (Å²) in [6, 6.07) is 14.8. The van der Waals surface area contributed by atoms with E-state index in [2.05, 4.69) is 0 Å². The van der Waals surface area contributed by atoms with Crippen LogP contribution in [0.1, 0.15) is 25.3 Å². The molecule has 1 aromatic heterocycles. The molecule has 23 heavy (non-hydrogen) atoms. The van der Waals surface area contributed by atoms with Crippen LogP contribution in [0.5, 0.6) is 0 Å². The van der Waals surface area contributed by atoms with E-state index in [1.54, 1.807) is 36.4 Å². The Hall–Kier alpha value is -2.40. The van der Waals surface area contributed by atoms with Crippen molar-refractivity contribution < 1.29 is 12.8 Å². The first kappa shape index (κ1) is 15.5. The number of para-hydroxylation sites is 1. The van der Waals surface area contributed by atoms with Crippen molar-refractivity contribution in [1.82, 2.24) is 0 Å². The van der Waals surface area contributed by atoms with E-state index < -0.39 is 15.5 Å². The van der Waals surface area contributed by atoms with Gasteiger partial charge in [0.15, 0.2) is 4.90 Å². The molecule has 1 heterocycles. The van der Waals surface area contributed by atoms with Crippen LogP contribution in [0.4, 0.5) is 0 Å². The lowest BCUT2D eigenvalue weighted by Gasteiger charge is -2.08. The number of sulfone groups is 1. The molecule has 0 unspecified atom stereocenters. The van der Waals surface area contributed by atoms with Crippen LogP contribution >= 0.6 is 0 Å². The van der Waals surface area contributed by atoms with Gasteiger partial charge in [-0.3, -0.25) is 0 Å². The Bertz CT molecular complexity index is 1010. The molecule has 0 spiro atoms. The van der Waals surface area contributed by atoms with Gasteiger partial charge in [0.25, 0.3) is 0 Å². The lowest BCUT2D eigenvalue weighted by atomic mass is 10.0. The van der Waals surface area contributed by atoms with Crippen molar-refractivity contribution in [2.75, 3.05) is 0 Å². The van der Waals surface area contributed by atoms with Gasteiger partial charge in [0.1, 0.15) is 5.58 Å². The van der Waals surface area contributed by atoms with Crippen molar-refractivity contribution in [2.24, 2.45) is 0 Å². The van der Waals surface area contributed by atoms with Gasteiger partial charge in [-0.15, -0.1) is 0 Å². The summed E-state index contributed by atoms with van der Waals surface area (Å²) in [6.07, 6.45) is 0. The van der Waals surface area contributed by atoms with Crippen molar-refractivity contribution in [2.45, 2.75) is 29.6 Å². The van der Waals surface area contributed by atoms with E-state index >= 15 is 0 Å². The molecule has 0 saturated carbocycles. The molecule has 0 radical (unpaired) electrons. The number of hydrogen-bond donors (Lipinski definition) is 0.